The van der Waals surface area contributed by atoms with Crippen molar-refractivity contribution in [3.05, 3.63) is 93.8 Å². The fourth-order valence-corrected chi connectivity index (χ4v) is 8.40. The molecule has 1 saturated heterocycles. The van der Waals surface area contributed by atoms with Crippen LogP contribution < -0.4 is 15.4 Å². The number of hydrogen-bond donors (Lipinski definition) is 2. The Hall–Kier alpha value is -4.95. The number of hydrogen-bond acceptors (Lipinski definition) is 12. The number of carbonyl (C=O) groups excluding carboxylic acids is 1. The van der Waals surface area contributed by atoms with E-state index in [-0.39, 0.29) is 24.2 Å². The van der Waals surface area contributed by atoms with E-state index >= 15 is 0 Å². The molecule has 4 aromatic heterocycles. The molecule has 2 aliphatic heterocycles. The monoisotopic (exact) mass is 665 g/mol. The van der Waals surface area contributed by atoms with Crippen LogP contribution in [0.1, 0.15) is 81.2 Å². The number of anilines is 1. The van der Waals surface area contributed by atoms with Crippen molar-refractivity contribution in [2.45, 2.75) is 64.7 Å². The lowest BCUT2D eigenvalue weighted by molar-refractivity contribution is -0.0622. The first kappa shape index (κ1) is 30.4. The Morgan fingerprint density at radius 2 is 1.88 bits per heavy atom. The van der Waals surface area contributed by atoms with E-state index in [0.717, 1.165) is 82.6 Å². The minimum atomic E-state index is -0.529. The molecule has 5 aromatic rings. The zero-order valence-corrected chi connectivity index (χ0v) is 27.5. The highest BCUT2D eigenvalue weighted by atomic mass is 32.1. The van der Waals surface area contributed by atoms with Gasteiger partial charge in [-0.15, -0.1) is 21.5 Å². The molecule has 246 valence electrons. The van der Waals surface area contributed by atoms with Gasteiger partial charge < -0.3 is 24.9 Å². The third-order valence-corrected chi connectivity index (χ3v) is 11.3. The molecule has 1 aromatic carbocycles. The number of aliphatic imine (C=N–C) groups is 1. The minimum Gasteiger partial charge on any atom is -0.490 e. The third-order valence-electron chi connectivity index (χ3n) is 10.1. The summed E-state index contributed by atoms with van der Waals surface area (Å²) < 4.78 is 14.3. The summed E-state index contributed by atoms with van der Waals surface area (Å²) in [5.41, 5.74) is 9.50. The van der Waals surface area contributed by atoms with Gasteiger partial charge in [-0.3, -0.25) is 14.4 Å². The van der Waals surface area contributed by atoms with E-state index in [4.69, 9.17) is 19.9 Å². The molecule has 2 atom stereocenters. The number of aliphatic hydroxyl groups excluding tert-OH is 1. The van der Waals surface area contributed by atoms with Crippen molar-refractivity contribution in [1.29, 1.82) is 0 Å². The smallest absolute Gasteiger partial charge is 0.251 e. The van der Waals surface area contributed by atoms with Gasteiger partial charge in [-0.25, -0.2) is 15.0 Å². The van der Waals surface area contributed by atoms with E-state index in [1.807, 2.05) is 26.0 Å². The number of aliphatic hydroxyl groups is 1. The number of benzene rings is 1. The quantitative estimate of drug-likeness (QED) is 0.244. The van der Waals surface area contributed by atoms with Crippen LogP contribution in [0.15, 0.2) is 58.5 Å². The summed E-state index contributed by atoms with van der Waals surface area (Å²) in [6, 6.07) is 7.81. The van der Waals surface area contributed by atoms with Crippen LogP contribution in [-0.2, 0) is 13.0 Å². The first-order chi connectivity index (χ1) is 23.3. The van der Waals surface area contributed by atoms with Crippen molar-refractivity contribution < 1.29 is 19.1 Å². The summed E-state index contributed by atoms with van der Waals surface area (Å²) in [5.74, 6) is 2.96. The second-order valence-electron chi connectivity index (χ2n) is 12.7. The van der Waals surface area contributed by atoms with E-state index in [1.54, 1.807) is 12.5 Å². The lowest BCUT2D eigenvalue weighted by Gasteiger charge is -2.53. The number of fused-ring (bicyclic) bond motifs is 3. The Morgan fingerprint density at radius 3 is 2.52 bits per heavy atom. The van der Waals surface area contributed by atoms with Gasteiger partial charge in [-0.1, -0.05) is 0 Å². The first-order valence-corrected chi connectivity index (χ1v) is 16.9. The van der Waals surface area contributed by atoms with E-state index in [2.05, 4.69) is 46.7 Å². The maximum atomic E-state index is 11.4. The molecular formula is C34H35N9O4S. The predicted octanol–water partition coefficient (Wildman–Crippen LogP) is 4.28. The average Bonchev–Trinajstić information content (AvgIpc) is 3.82. The average molecular weight is 666 g/mol. The molecule has 1 unspecified atom stereocenters. The summed E-state index contributed by atoms with van der Waals surface area (Å²) in [6.07, 6.45) is 10.9. The number of nitrogens with two attached hydrogens (primary N) is 1. The number of ether oxygens (including phenoxy) is 1. The summed E-state index contributed by atoms with van der Waals surface area (Å²) in [7, 11) is 0. The predicted molar refractivity (Wildman–Crippen MR) is 178 cm³/mol. The van der Waals surface area contributed by atoms with Crippen molar-refractivity contribution in [2.75, 3.05) is 18.0 Å². The van der Waals surface area contributed by atoms with Crippen molar-refractivity contribution in [2.24, 2.45) is 16.1 Å². The Morgan fingerprint density at radius 1 is 1.10 bits per heavy atom. The van der Waals surface area contributed by atoms with Crippen molar-refractivity contribution >= 4 is 28.9 Å². The molecule has 0 bridgehead atoms. The standard InChI is InChI=1S/C34H35N9O4S/c1-19-25(18-44)48-32-28(19)29(39-24(15-27-36-11-14-46-27)31-41-40-20(2)43(31)32)21-3-5-23(6-4-21)47-26-7-8-34(26)9-12-42(13-10-34)33-37-16-22(17-38-33)30(35)45/h3-6,11,14,16-17,24,26,44H,7-10,12-13,15,18H2,1-2H3,(H2,35,45)/t24-,26?/m0/s1. The second-order valence-corrected chi connectivity index (χ2v) is 13.8. The van der Waals surface area contributed by atoms with Crippen molar-refractivity contribution in [3.63, 3.8) is 0 Å². The van der Waals surface area contributed by atoms with Gasteiger partial charge in [0.15, 0.2) is 11.7 Å². The van der Waals surface area contributed by atoms with Crippen LogP contribution in [0, 0.1) is 19.3 Å². The van der Waals surface area contributed by atoms with Crippen molar-refractivity contribution in [3.8, 4) is 10.8 Å². The third kappa shape index (κ3) is 5.15. The molecule has 2 fully saturated rings. The van der Waals surface area contributed by atoms with E-state index < -0.39 is 5.91 Å². The number of nitrogens with zero attached hydrogens (tertiary/aromatic N) is 8. The number of rotatable bonds is 8. The number of oxazole rings is 1. The molecule has 6 heterocycles. The number of aromatic nitrogens is 6. The number of amides is 1. The molecule has 3 N–H and O–H groups in total. The van der Waals surface area contributed by atoms with Gasteiger partial charge in [-0.05, 0) is 69.4 Å². The summed E-state index contributed by atoms with van der Waals surface area (Å²) in [5, 5.41) is 20.1. The maximum Gasteiger partial charge on any atom is 0.251 e. The molecule has 1 amide bonds. The molecule has 0 radical (unpaired) electrons. The molecule has 48 heavy (non-hydrogen) atoms. The highest BCUT2D eigenvalue weighted by Crippen LogP contribution is 2.51. The minimum absolute atomic E-state index is 0.0602. The Kier molecular flexibility index (Phi) is 7.56. The zero-order chi connectivity index (χ0) is 33.0. The summed E-state index contributed by atoms with van der Waals surface area (Å²) >= 11 is 1.54. The van der Waals surface area contributed by atoms with Crippen LogP contribution in [0.3, 0.4) is 0 Å². The first-order valence-electron chi connectivity index (χ1n) is 16.1. The lowest BCUT2D eigenvalue weighted by atomic mass is 9.60. The Bertz CT molecular complexity index is 1990. The number of primary amides is 1. The number of aryl methyl sites for hydroxylation is 1. The fourth-order valence-electron chi connectivity index (χ4n) is 7.18. The molecular weight excluding hydrogens is 630 g/mol. The highest BCUT2D eigenvalue weighted by molar-refractivity contribution is 7.15. The molecule has 8 rings (SSSR count). The van der Waals surface area contributed by atoms with Gasteiger partial charge in [0.25, 0.3) is 5.91 Å². The van der Waals surface area contributed by atoms with Crippen LogP contribution >= 0.6 is 11.3 Å². The molecule has 14 heteroatoms. The summed E-state index contributed by atoms with van der Waals surface area (Å²) in [6.45, 7) is 5.56. The zero-order valence-electron chi connectivity index (χ0n) is 26.7. The van der Waals surface area contributed by atoms with Crippen LogP contribution in [-0.4, -0.2) is 65.6 Å². The van der Waals surface area contributed by atoms with Crippen molar-refractivity contribution in [1.82, 2.24) is 29.7 Å². The normalized spacial score (nSPS) is 19.6. The Labute approximate surface area is 280 Å². The van der Waals surface area contributed by atoms with Gasteiger partial charge >= 0.3 is 0 Å². The molecule has 1 spiro atoms. The molecule has 13 nitrogen and oxygen atoms in total. The number of thiophene rings is 1. The van der Waals surface area contributed by atoms with E-state index in [1.165, 1.54) is 23.7 Å². The van der Waals surface area contributed by atoms with E-state index in [0.29, 0.717) is 29.6 Å². The SMILES string of the molecule is Cc1c(CO)sc2c1C(c1ccc(OC3CCC34CCN(c3ncc(C(N)=O)cn3)CC4)cc1)=N[C@@H](Cc1ncco1)c1nnc(C)n1-2. The molecule has 3 aliphatic rings. The lowest BCUT2D eigenvalue weighted by Crippen LogP contribution is -2.54. The van der Waals surface area contributed by atoms with Crippen LogP contribution in [0.2, 0.25) is 0 Å². The van der Waals surface area contributed by atoms with Gasteiger partial charge in [0.05, 0.1) is 30.5 Å². The summed E-state index contributed by atoms with van der Waals surface area (Å²) in [4.78, 5) is 32.8. The number of carbonyl (C=O) groups is 1. The fraction of sp³-hybridized carbons (Fsp3) is 0.382. The number of piperidine rings is 1. The van der Waals surface area contributed by atoms with Gasteiger partial charge in [0, 0.05) is 46.9 Å². The molecule has 1 aliphatic carbocycles. The van der Waals surface area contributed by atoms with Crippen LogP contribution in [0.5, 0.6) is 5.75 Å². The Balaban J connectivity index is 1.04. The topological polar surface area (TPSA) is 171 Å². The molecule has 1 saturated carbocycles. The second kappa shape index (κ2) is 11.9. The van der Waals surface area contributed by atoms with Gasteiger partial charge in [0.2, 0.25) is 5.95 Å². The largest absolute Gasteiger partial charge is 0.490 e. The van der Waals surface area contributed by atoms with Crippen LogP contribution in [0.4, 0.5) is 5.95 Å². The van der Waals surface area contributed by atoms with Gasteiger partial charge in [-0.2, -0.15) is 0 Å². The highest BCUT2D eigenvalue weighted by Gasteiger charge is 2.50. The maximum absolute atomic E-state index is 11.4. The van der Waals surface area contributed by atoms with Crippen LogP contribution in [0.25, 0.3) is 5.00 Å². The van der Waals surface area contributed by atoms with E-state index in [9.17, 15) is 9.90 Å². The van der Waals surface area contributed by atoms with Gasteiger partial charge in [0.1, 0.15) is 35.0 Å².